The van der Waals surface area contributed by atoms with Gasteiger partial charge in [-0.25, -0.2) is 0 Å². The van der Waals surface area contributed by atoms with Gasteiger partial charge in [0, 0.05) is 10.9 Å². The summed E-state index contributed by atoms with van der Waals surface area (Å²) >= 11 is 3.52. The molecule has 0 heterocycles. The molecule has 2 rings (SSSR count). The van der Waals surface area contributed by atoms with E-state index in [4.69, 9.17) is 0 Å². The largest absolute Gasteiger partial charge is 0.388 e. The zero-order valence-corrected chi connectivity index (χ0v) is 13.2. The lowest BCUT2D eigenvalue weighted by Crippen LogP contribution is -2.06. The normalized spacial score (nSPS) is 12.5. The van der Waals surface area contributed by atoms with Crippen molar-refractivity contribution in [2.24, 2.45) is 0 Å². The predicted octanol–water partition coefficient (Wildman–Crippen LogP) is 4.65. The Kier molecular flexibility index (Phi) is 4.43. The molecule has 0 aliphatic rings. The smallest absolute Gasteiger partial charge is 0.0841 e. The van der Waals surface area contributed by atoms with Crippen LogP contribution in [0.1, 0.15) is 33.9 Å². The number of hydrogen-bond donors (Lipinski definition) is 1. The highest BCUT2D eigenvalue weighted by atomic mass is 79.9. The molecule has 1 unspecified atom stereocenters. The number of aliphatic hydroxyl groups excluding tert-OH is 1. The van der Waals surface area contributed by atoms with Crippen molar-refractivity contribution in [1.82, 2.24) is 0 Å². The van der Waals surface area contributed by atoms with Gasteiger partial charge in [-0.2, -0.15) is 0 Å². The Bertz CT molecular complexity index is 570. The molecule has 0 amide bonds. The lowest BCUT2D eigenvalue weighted by molar-refractivity contribution is 0.177. The van der Waals surface area contributed by atoms with Crippen molar-refractivity contribution >= 4 is 15.9 Å². The summed E-state index contributed by atoms with van der Waals surface area (Å²) in [4.78, 5) is 0. The monoisotopic (exact) mass is 318 g/mol. The van der Waals surface area contributed by atoms with Gasteiger partial charge in [-0.1, -0.05) is 51.8 Å². The molecule has 1 N–H and O–H groups in total. The molecule has 0 bridgehead atoms. The van der Waals surface area contributed by atoms with Crippen molar-refractivity contribution in [1.29, 1.82) is 0 Å². The summed E-state index contributed by atoms with van der Waals surface area (Å²) in [6, 6.07) is 12.3. The molecule has 1 atom stereocenters. The molecule has 0 radical (unpaired) electrons. The van der Waals surface area contributed by atoms with Gasteiger partial charge in [-0.3, -0.25) is 0 Å². The van der Waals surface area contributed by atoms with Crippen molar-refractivity contribution in [3.8, 4) is 0 Å². The quantitative estimate of drug-likeness (QED) is 0.873. The summed E-state index contributed by atoms with van der Waals surface area (Å²) in [5.74, 6) is 0. The van der Waals surface area contributed by atoms with Crippen LogP contribution in [0, 0.1) is 20.8 Å². The first-order valence-electron chi connectivity index (χ1n) is 6.48. The minimum absolute atomic E-state index is 0.478. The van der Waals surface area contributed by atoms with Crippen LogP contribution in [0.3, 0.4) is 0 Å². The fraction of sp³-hybridized carbons (Fsp3) is 0.294. The second-order valence-corrected chi connectivity index (χ2v) is 5.97. The molecule has 0 aromatic heterocycles. The van der Waals surface area contributed by atoms with Gasteiger partial charge in [0.25, 0.3) is 0 Å². The first-order valence-corrected chi connectivity index (χ1v) is 7.27. The maximum atomic E-state index is 10.5. The summed E-state index contributed by atoms with van der Waals surface area (Å²) in [6.45, 7) is 6.24. The lowest BCUT2D eigenvalue weighted by Gasteiger charge is -2.17. The van der Waals surface area contributed by atoms with Crippen LogP contribution in [-0.2, 0) is 6.42 Å². The van der Waals surface area contributed by atoms with E-state index in [1.807, 2.05) is 25.1 Å². The molecule has 100 valence electrons. The molecule has 2 heteroatoms. The van der Waals surface area contributed by atoms with E-state index in [0.717, 1.165) is 10.0 Å². The zero-order chi connectivity index (χ0) is 14.0. The average Bonchev–Trinajstić information content (AvgIpc) is 2.37. The summed E-state index contributed by atoms with van der Waals surface area (Å²) < 4.78 is 0.969. The fourth-order valence-corrected chi connectivity index (χ4v) is 2.90. The van der Waals surface area contributed by atoms with Crippen molar-refractivity contribution in [2.75, 3.05) is 0 Å². The third kappa shape index (κ3) is 3.26. The van der Waals surface area contributed by atoms with Gasteiger partial charge in [0.15, 0.2) is 0 Å². The summed E-state index contributed by atoms with van der Waals surface area (Å²) in [6.07, 6.45) is 0.176. The Morgan fingerprint density at radius 3 is 2.32 bits per heavy atom. The van der Waals surface area contributed by atoms with Crippen LogP contribution in [0.25, 0.3) is 0 Å². The highest BCUT2D eigenvalue weighted by Crippen LogP contribution is 2.28. The number of rotatable bonds is 3. The minimum Gasteiger partial charge on any atom is -0.388 e. The lowest BCUT2D eigenvalue weighted by atomic mass is 9.94. The van der Waals surface area contributed by atoms with Gasteiger partial charge in [-0.15, -0.1) is 0 Å². The third-order valence-electron chi connectivity index (χ3n) is 3.55. The highest BCUT2D eigenvalue weighted by molar-refractivity contribution is 9.10. The molecule has 2 aromatic carbocycles. The summed E-state index contributed by atoms with van der Waals surface area (Å²) in [5.41, 5.74) is 5.84. The number of hydrogen-bond acceptors (Lipinski definition) is 1. The van der Waals surface area contributed by atoms with Gasteiger partial charge in [-0.05, 0) is 49.1 Å². The van der Waals surface area contributed by atoms with E-state index < -0.39 is 6.10 Å². The number of aliphatic hydroxyl groups is 1. The molecule has 0 spiro atoms. The Hall–Kier alpha value is -1.12. The Morgan fingerprint density at radius 2 is 1.68 bits per heavy atom. The van der Waals surface area contributed by atoms with E-state index in [-0.39, 0.29) is 0 Å². The molecule has 0 saturated carbocycles. The maximum absolute atomic E-state index is 10.5. The van der Waals surface area contributed by atoms with Gasteiger partial charge in [0.1, 0.15) is 0 Å². The highest BCUT2D eigenvalue weighted by Gasteiger charge is 2.14. The molecule has 0 saturated heterocycles. The van der Waals surface area contributed by atoms with E-state index in [1.54, 1.807) is 0 Å². The Balaban J connectivity index is 2.31. The van der Waals surface area contributed by atoms with Gasteiger partial charge >= 0.3 is 0 Å². The predicted molar refractivity (Wildman–Crippen MR) is 83.5 cm³/mol. The molecule has 0 aliphatic carbocycles. The van der Waals surface area contributed by atoms with E-state index in [9.17, 15) is 5.11 Å². The third-order valence-corrected chi connectivity index (χ3v) is 4.27. The van der Waals surface area contributed by atoms with Gasteiger partial charge in [0.05, 0.1) is 6.10 Å². The standard InChI is InChI=1S/C17H19BrO/c1-11-7-8-16(18)15(9-11)17(19)10-14-12(2)5-4-6-13(14)3/h4-9,17,19H,10H2,1-3H3. The first kappa shape index (κ1) is 14.3. The molecule has 1 nitrogen and oxygen atoms in total. The first-order chi connectivity index (χ1) is 8.99. The Morgan fingerprint density at radius 1 is 1.05 bits per heavy atom. The minimum atomic E-state index is -0.478. The van der Waals surface area contributed by atoms with Crippen molar-refractivity contribution in [3.63, 3.8) is 0 Å². The van der Waals surface area contributed by atoms with E-state index in [2.05, 4.69) is 48.0 Å². The second-order valence-electron chi connectivity index (χ2n) is 5.12. The van der Waals surface area contributed by atoms with Crippen LogP contribution in [-0.4, -0.2) is 5.11 Å². The van der Waals surface area contributed by atoms with Crippen LogP contribution in [0.5, 0.6) is 0 Å². The van der Waals surface area contributed by atoms with E-state index in [1.165, 1.54) is 22.3 Å². The molecule has 19 heavy (non-hydrogen) atoms. The number of aryl methyl sites for hydroxylation is 3. The maximum Gasteiger partial charge on any atom is 0.0841 e. The van der Waals surface area contributed by atoms with Crippen LogP contribution in [0.15, 0.2) is 40.9 Å². The van der Waals surface area contributed by atoms with Crippen molar-refractivity contribution in [2.45, 2.75) is 33.3 Å². The van der Waals surface area contributed by atoms with Crippen LogP contribution in [0.2, 0.25) is 0 Å². The van der Waals surface area contributed by atoms with Crippen molar-refractivity contribution < 1.29 is 5.11 Å². The number of benzene rings is 2. The molecular formula is C17H19BrO. The van der Waals surface area contributed by atoms with Gasteiger partial charge in [0.2, 0.25) is 0 Å². The fourth-order valence-electron chi connectivity index (χ4n) is 2.39. The van der Waals surface area contributed by atoms with Crippen LogP contribution >= 0.6 is 15.9 Å². The van der Waals surface area contributed by atoms with Crippen LogP contribution < -0.4 is 0 Å². The summed E-state index contributed by atoms with van der Waals surface area (Å²) in [7, 11) is 0. The molecule has 2 aromatic rings. The zero-order valence-electron chi connectivity index (χ0n) is 11.6. The van der Waals surface area contributed by atoms with Crippen molar-refractivity contribution in [3.05, 3.63) is 68.7 Å². The number of halogens is 1. The second kappa shape index (κ2) is 5.89. The molecular weight excluding hydrogens is 300 g/mol. The average molecular weight is 319 g/mol. The molecule has 0 fully saturated rings. The van der Waals surface area contributed by atoms with E-state index in [0.29, 0.717) is 6.42 Å². The molecule has 0 aliphatic heterocycles. The van der Waals surface area contributed by atoms with Gasteiger partial charge < -0.3 is 5.11 Å². The topological polar surface area (TPSA) is 20.2 Å². The van der Waals surface area contributed by atoms with Crippen LogP contribution in [0.4, 0.5) is 0 Å². The SMILES string of the molecule is Cc1ccc(Br)c(C(O)Cc2c(C)cccc2C)c1. The summed E-state index contributed by atoms with van der Waals surface area (Å²) in [5, 5.41) is 10.5. The Labute approximate surface area is 123 Å². The van der Waals surface area contributed by atoms with E-state index >= 15 is 0 Å².